The van der Waals surface area contributed by atoms with Gasteiger partial charge in [0.05, 0.1) is 39.6 Å². The van der Waals surface area contributed by atoms with Crippen molar-refractivity contribution in [1.29, 1.82) is 0 Å². The molecule has 8 nitrogen and oxygen atoms in total. The first-order chi connectivity index (χ1) is 9.83. The molecule has 0 saturated carbocycles. The van der Waals surface area contributed by atoms with Gasteiger partial charge in [-0.1, -0.05) is 0 Å². The van der Waals surface area contributed by atoms with Gasteiger partial charge in [-0.25, -0.2) is 19.2 Å². The Morgan fingerprint density at radius 2 is 1.19 bits per heavy atom. The highest BCUT2D eigenvalue weighted by Gasteiger charge is 2.28. The maximum Gasteiger partial charge on any atom is 0.339 e. The van der Waals surface area contributed by atoms with Crippen LogP contribution in [0, 0.1) is 0 Å². The van der Waals surface area contributed by atoms with Gasteiger partial charge in [-0.15, -0.1) is 0 Å². The molecule has 21 heavy (non-hydrogen) atoms. The zero-order valence-electron chi connectivity index (χ0n) is 12.3. The Kier molecular flexibility index (Phi) is 7.44. The lowest BCUT2D eigenvalue weighted by molar-refractivity contribution is -0.141. The Hall–Kier alpha value is -2.64. The number of esters is 4. The fraction of sp³-hybridized carbons (Fsp3) is 0.385. The number of methoxy groups -OCH3 is 4. The molecule has 0 aliphatic heterocycles. The van der Waals surface area contributed by atoms with E-state index in [0.717, 1.165) is 34.5 Å². The molecule has 0 rings (SSSR count). The molecule has 0 heterocycles. The van der Waals surface area contributed by atoms with Gasteiger partial charge in [0, 0.05) is 11.6 Å². The van der Waals surface area contributed by atoms with Crippen molar-refractivity contribution in [3.05, 3.63) is 22.8 Å². The second-order valence-electron chi connectivity index (χ2n) is 3.56. The third-order valence-corrected chi connectivity index (χ3v) is 2.39. The SMILES string of the molecule is COC(=O)/C=C(C(=O)OC)/C(C(=O)OC)=C(\C)C(=O)OC. The van der Waals surface area contributed by atoms with E-state index < -0.39 is 35.0 Å². The summed E-state index contributed by atoms with van der Waals surface area (Å²) in [6, 6.07) is 0. The average molecular weight is 300 g/mol. The predicted molar refractivity (Wildman–Crippen MR) is 68.8 cm³/mol. The molecule has 0 N–H and O–H groups in total. The van der Waals surface area contributed by atoms with Crippen LogP contribution in [0.2, 0.25) is 0 Å². The lowest BCUT2D eigenvalue weighted by Crippen LogP contribution is -2.20. The fourth-order valence-corrected chi connectivity index (χ4v) is 1.34. The summed E-state index contributed by atoms with van der Waals surface area (Å²) in [5.74, 6) is -3.79. The number of hydrogen-bond donors (Lipinski definition) is 0. The van der Waals surface area contributed by atoms with Crippen LogP contribution in [0.25, 0.3) is 0 Å². The van der Waals surface area contributed by atoms with Gasteiger partial charge in [-0.05, 0) is 6.92 Å². The molecule has 0 aliphatic carbocycles. The summed E-state index contributed by atoms with van der Waals surface area (Å²) in [5, 5.41) is 0. The summed E-state index contributed by atoms with van der Waals surface area (Å²) in [4.78, 5) is 46.4. The predicted octanol–water partition coefficient (Wildman–Crippen LogP) is -0.0787. The molecule has 0 aliphatic rings. The Bertz CT molecular complexity index is 512. The van der Waals surface area contributed by atoms with Gasteiger partial charge < -0.3 is 18.9 Å². The second kappa shape index (κ2) is 8.51. The van der Waals surface area contributed by atoms with E-state index in [1.807, 2.05) is 0 Å². The van der Waals surface area contributed by atoms with Crippen LogP contribution >= 0.6 is 0 Å². The van der Waals surface area contributed by atoms with Crippen LogP contribution < -0.4 is 0 Å². The van der Waals surface area contributed by atoms with Crippen molar-refractivity contribution < 1.29 is 38.1 Å². The zero-order valence-corrected chi connectivity index (χ0v) is 12.3. The minimum atomic E-state index is -1.01. The van der Waals surface area contributed by atoms with Gasteiger partial charge in [-0.2, -0.15) is 0 Å². The van der Waals surface area contributed by atoms with Gasteiger partial charge in [0.25, 0.3) is 0 Å². The molecule has 0 aromatic heterocycles. The highest BCUT2D eigenvalue weighted by atomic mass is 16.5. The molecule has 0 radical (unpaired) electrons. The van der Waals surface area contributed by atoms with Gasteiger partial charge >= 0.3 is 23.9 Å². The quantitative estimate of drug-likeness (QED) is 0.300. The van der Waals surface area contributed by atoms with E-state index in [4.69, 9.17) is 0 Å². The molecule has 0 amide bonds. The molecule has 0 bridgehead atoms. The highest BCUT2D eigenvalue weighted by molar-refractivity contribution is 6.13. The minimum Gasteiger partial charge on any atom is -0.466 e. The van der Waals surface area contributed by atoms with Gasteiger partial charge in [-0.3, -0.25) is 0 Å². The van der Waals surface area contributed by atoms with Crippen molar-refractivity contribution >= 4 is 23.9 Å². The molecule has 0 unspecified atom stereocenters. The topological polar surface area (TPSA) is 105 Å². The standard InChI is InChI=1S/C13H16O8/c1-7(11(15)19-3)10(13(17)21-5)8(12(16)20-4)6-9(14)18-2/h6H,1-5H3/b8-6-,10-7-. The number of ether oxygens (including phenoxy) is 4. The number of carbonyl (C=O) groups is 4. The van der Waals surface area contributed by atoms with Crippen LogP contribution in [0.5, 0.6) is 0 Å². The van der Waals surface area contributed by atoms with Crippen LogP contribution in [-0.2, 0) is 38.1 Å². The molecule has 0 spiro atoms. The van der Waals surface area contributed by atoms with E-state index >= 15 is 0 Å². The molecule has 0 saturated heterocycles. The van der Waals surface area contributed by atoms with Crippen LogP contribution in [0.4, 0.5) is 0 Å². The molecule has 0 aromatic rings. The van der Waals surface area contributed by atoms with E-state index in [9.17, 15) is 19.2 Å². The first kappa shape index (κ1) is 18.4. The lowest BCUT2D eigenvalue weighted by Gasteiger charge is -2.11. The monoisotopic (exact) mass is 300 g/mol. The van der Waals surface area contributed by atoms with Crippen molar-refractivity contribution in [2.45, 2.75) is 6.92 Å². The van der Waals surface area contributed by atoms with Crippen molar-refractivity contribution in [3.63, 3.8) is 0 Å². The molecular formula is C13H16O8. The van der Waals surface area contributed by atoms with E-state index in [1.165, 1.54) is 6.92 Å². The zero-order chi connectivity index (χ0) is 16.6. The lowest BCUT2D eigenvalue weighted by atomic mass is 10.00. The van der Waals surface area contributed by atoms with Crippen LogP contribution in [0.3, 0.4) is 0 Å². The van der Waals surface area contributed by atoms with Crippen molar-refractivity contribution in [2.75, 3.05) is 28.4 Å². The Morgan fingerprint density at radius 1 is 0.714 bits per heavy atom. The molecule has 116 valence electrons. The molecule has 0 fully saturated rings. The smallest absolute Gasteiger partial charge is 0.339 e. The van der Waals surface area contributed by atoms with Crippen LogP contribution in [0.15, 0.2) is 22.8 Å². The minimum absolute atomic E-state index is 0.218. The van der Waals surface area contributed by atoms with E-state index in [0.29, 0.717) is 0 Å². The van der Waals surface area contributed by atoms with Gasteiger partial charge in [0.15, 0.2) is 0 Å². The first-order valence-electron chi connectivity index (χ1n) is 5.59. The molecule has 8 heteroatoms. The molecule has 0 aromatic carbocycles. The second-order valence-corrected chi connectivity index (χ2v) is 3.56. The summed E-state index contributed by atoms with van der Waals surface area (Å²) >= 11 is 0. The summed E-state index contributed by atoms with van der Waals surface area (Å²) in [7, 11) is 4.29. The normalized spacial score (nSPS) is 12.0. The number of rotatable bonds is 5. The van der Waals surface area contributed by atoms with Crippen LogP contribution in [0.1, 0.15) is 6.92 Å². The number of carbonyl (C=O) groups excluding carboxylic acids is 4. The van der Waals surface area contributed by atoms with E-state index in [-0.39, 0.29) is 5.57 Å². The van der Waals surface area contributed by atoms with Gasteiger partial charge in [0.2, 0.25) is 0 Å². The largest absolute Gasteiger partial charge is 0.466 e. The Morgan fingerprint density at radius 3 is 1.57 bits per heavy atom. The Balaban J connectivity index is 6.25. The summed E-state index contributed by atoms with van der Waals surface area (Å²) < 4.78 is 17.9. The maximum atomic E-state index is 11.8. The van der Waals surface area contributed by atoms with Crippen LogP contribution in [-0.4, -0.2) is 52.3 Å². The number of hydrogen-bond acceptors (Lipinski definition) is 8. The third kappa shape index (κ3) is 4.75. The molecular weight excluding hydrogens is 284 g/mol. The fourth-order valence-electron chi connectivity index (χ4n) is 1.34. The average Bonchev–Trinajstić information content (AvgIpc) is 2.51. The van der Waals surface area contributed by atoms with Crippen molar-refractivity contribution in [1.82, 2.24) is 0 Å². The summed E-state index contributed by atoms with van der Waals surface area (Å²) in [5.41, 5.74) is -1.13. The van der Waals surface area contributed by atoms with Crippen molar-refractivity contribution in [2.24, 2.45) is 0 Å². The summed E-state index contributed by atoms with van der Waals surface area (Å²) in [6.07, 6.45) is 0.727. The first-order valence-corrected chi connectivity index (χ1v) is 5.59. The van der Waals surface area contributed by atoms with E-state index in [2.05, 4.69) is 18.9 Å². The van der Waals surface area contributed by atoms with Crippen molar-refractivity contribution in [3.8, 4) is 0 Å². The third-order valence-electron chi connectivity index (χ3n) is 2.39. The summed E-state index contributed by atoms with van der Waals surface area (Å²) in [6.45, 7) is 1.24. The highest BCUT2D eigenvalue weighted by Crippen LogP contribution is 2.19. The van der Waals surface area contributed by atoms with Gasteiger partial charge in [0.1, 0.15) is 0 Å². The molecule has 0 atom stereocenters. The van der Waals surface area contributed by atoms with E-state index in [1.54, 1.807) is 0 Å². The Labute approximate surface area is 121 Å². The maximum absolute atomic E-state index is 11.8.